The first-order valence-electron chi connectivity index (χ1n) is 27.7. The van der Waals surface area contributed by atoms with E-state index in [1.165, 1.54) is 44.1 Å². The monoisotopic (exact) mass is 999 g/mol. The highest BCUT2D eigenvalue weighted by molar-refractivity contribution is 5.40. The minimum atomic E-state index is 0. The molecule has 0 aliphatic heterocycles. The molecule has 1 aromatic carbocycles. The third-order valence-corrected chi connectivity index (χ3v) is 13.7. The summed E-state index contributed by atoms with van der Waals surface area (Å²) in [4.78, 5) is 0. The predicted octanol–water partition coefficient (Wildman–Crippen LogP) is 13.2. The second-order valence-electron chi connectivity index (χ2n) is 21.3. The van der Waals surface area contributed by atoms with Gasteiger partial charge in [0.25, 0.3) is 0 Å². The van der Waals surface area contributed by atoms with Crippen LogP contribution in [-0.2, 0) is 53.8 Å². The van der Waals surface area contributed by atoms with Gasteiger partial charge in [-0.2, -0.15) is 0 Å². The van der Waals surface area contributed by atoms with Crippen LogP contribution in [0.4, 0.5) is 0 Å². The molecule has 0 saturated heterocycles. The Bertz CT molecular complexity index is 1280. The number of rotatable bonds is 36. The van der Waals surface area contributed by atoms with Crippen LogP contribution >= 0.6 is 0 Å². The fraction of sp³-hybridized carbons (Fsp3) is 0.898. The number of ether oxygens (including phenoxy) is 11. The molecule has 1 aromatic rings. The Labute approximate surface area is 432 Å². The lowest BCUT2D eigenvalue weighted by molar-refractivity contribution is 0.00787. The number of methoxy groups -OCH3 is 2. The highest BCUT2D eigenvalue weighted by Gasteiger charge is 2.53. The quantitative estimate of drug-likeness (QED) is 0.0601. The summed E-state index contributed by atoms with van der Waals surface area (Å²) in [6.45, 7) is 38.3. The molecule has 0 heterocycles. The first-order chi connectivity index (χ1) is 33.3. The van der Waals surface area contributed by atoms with Crippen molar-refractivity contribution in [2.45, 2.75) is 160 Å². The zero-order valence-electron chi connectivity index (χ0n) is 47.1. The topological polar surface area (TPSA) is 102 Å². The molecule has 0 N–H and O–H groups in total. The lowest BCUT2D eigenvalue weighted by atomic mass is 9.54. The summed E-state index contributed by atoms with van der Waals surface area (Å²) in [6, 6.07) is 6.87. The van der Waals surface area contributed by atoms with Crippen LogP contribution in [0.2, 0.25) is 0 Å². The molecular weight excluding hydrogens is 885 g/mol. The maximum atomic E-state index is 6.01. The van der Waals surface area contributed by atoms with Gasteiger partial charge in [-0.15, -0.1) is 0 Å². The molecule has 70 heavy (non-hydrogen) atoms. The molecule has 416 valence electrons. The minimum Gasteiger partial charge on any atom is -0.491 e. The maximum Gasteiger partial charge on any atom is 0.119 e. The van der Waals surface area contributed by atoms with E-state index in [1.54, 1.807) is 19.8 Å². The number of hydrogen-bond acceptors (Lipinski definition) is 11. The van der Waals surface area contributed by atoms with Crippen molar-refractivity contribution in [3.05, 3.63) is 29.3 Å². The molecule has 0 bridgehead atoms. The SMILES string of the molecule is C.CC(C)CCOCCOCCOCCOc1ccc2c(c1)CC[C@@H]1[C@@H]2CC[C@]2(C)[C@@H](C)CC[C@@H]12.CCCOCCOCCC(C)C.COCCOCCC(C)C.COCCOCCOCCC(C)C. The Morgan fingerprint density at radius 1 is 0.500 bits per heavy atom. The molecule has 3 aliphatic carbocycles. The van der Waals surface area contributed by atoms with Gasteiger partial charge in [0.05, 0.1) is 85.9 Å². The van der Waals surface area contributed by atoms with E-state index < -0.39 is 0 Å². The summed E-state index contributed by atoms with van der Waals surface area (Å²) in [5, 5.41) is 0. The van der Waals surface area contributed by atoms with E-state index in [0.29, 0.717) is 84.0 Å². The number of hydrogen-bond donors (Lipinski definition) is 0. The highest BCUT2D eigenvalue weighted by Crippen LogP contribution is 2.62. The molecule has 11 nitrogen and oxygen atoms in total. The highest BCUT2D eigenvalue weighted by atomic mass is 16.6. The summed E-state index contributed by atoms with van der Waals surface area (Å²) in [6.07, 6.45) is 13.8. The lowest BCUT2D eigenvalue weighted by Crippen LogP contribution is -2.41. The van der Waals surface area contributed by atoms with Crippen LogP contribution in [0.25, 0.3) is 0 Å². The Morgan fingerprint density at radius 3 is 1.31 bits per heavy atom. The van der Waals surface area contributed by atoms with Crippen molar-refractivity contribution < 1.29 is 52.1 Å². The minimum absolute atomic E-state index is 0. The Morgan fingerprint density at radius 2 is 0.900 bits per heavy atom. The van der Waals surface area contributed by atoms with Crippen molar-refractivity contribution >= 4 is 0 Å². The van der Waals surface area contributed by atoms with Gasteiger partial charge in [0.1, 0.15) is 12.4 Å². The van der Waals surface area contributed by atoms with Crippen molar-refractivity contribution in [1.29, 1.82) is 0 Å². The summed E-state index contributed by atoms with van der Waals surface area (Å²) in [5.41, 5.74) is 3.73. The van der Waals surface area contributed by atoms with Crippen molar-refractivity contribution in [2.24, 2.45) is 46.8 Å². The summed E-state index contributed by atoms with van der Waals surface area (Å²) < 4.78 is 58.9. The van der Waals surface area contributed by atoms with Crippen LogP contribution < -0.4 is 4.74 Å². The predicted molar refractivity (Wildman–Crippen MR) is 291 cm³/mol. The molecule has 2 saturated carbocycles. The standard InChI is InChI=1S/C30H48O4.C10H22O3.C10H22O2.C8H18O2.CH4/c1-22(2)12-14-31-15-16-32-17-18-33-19-20-34-25-7-9-26-24(21-25)6-8-28-27(26)11-13-30(4)23(3)5-10-29(28)30;1-10(2)4-5-12-8-9-13-7-6-11-3;1-4-6-11-8-9-12-7-5-10(2)3;1-8(2)4-5-10-7-6-9-3;/h7,9,21-23,27-29H,5-6,8,10-20H2,1-4H3;10H,4-9H2,1-3H3;10H,4-9H2,1-3H3;8H,4-7H2,1-3H3;1H4/t23-,27+,28+,29-,30+;;;;/m0..../s1. The van der Waals surface area contributed by atoms with E-state index in [-0.39, 0.29) is 7.43 Å². The van der Waals surface area contributed by atoms with Crippen LogP contribution in [0.5, 0.6) is 5.75 Å². The Balaban J connectivity index is 0.00000109. The van der Waals surface area contributed by atoms with Crippen LogP contribution in [0.15, 0.2) is 18.2 Å². The van der Waals surface area contributed by atoms with Crippen LogP contribution in [0, 0.1) is 46.8 Å². The Hall–Kier alpha value is -1.38. The zero-order chi connectivity index (χ0) is 51.0. The summed E-state index contributed by atoms with van der Waals surface area (Å²) >= 11 is 0. The normalized spacial score (nSPS) is 20.1. The van der Waals surface area contributed by atoms with Crippen molar-refractivity contribution in [3.63, 3.8) is 0 Å². The van der Waals surface area contributed by atoms with Crippen molar-refractivity contribution in [3.8, 4) is 5.75 Å². The molecule has 11 heteroatoms. The van der Waals surface area contributed by atoms with E-state index in [2.05, 4.69) is 94.4 Å². The fourth-order valence-corrected chi connectivity index (χ4v) is 9.12. The van der Waals surface area contributed by atoms with E-state index in [0.717, 1.165) is 132 Å². The molecule has 0 spiro atoms. The number of aryl methyl sites for hydroxylation is 1. The fourth-order valence-electron chi connectivity index (χ4n) is 9.12. The van der Waals surface area contributed by atoms with Gasteiger partial charge < -0.3 is 52.1 Å². The number of benzene rings is 1. The summed E-state index contributed by atoms with van der Waals surface area (Å²) in [5.74, 6) is 7.37. The molecule has 0 aromatic heterocycles. The maximum absolute atomic E-state index is 6.01. The Kier molecular flexibility index (Phi) is 44.2. The first-order valence-corrected chi connectivity index (χ1v) is 27.7. The first kappa shape index (κ1) is 68.6. The smallest absolute Gasteiger partial charge is 0.119 e. The van der Waals surface area contributed by atoms with Gasteiger partial charge in [0.2, 0.25) is 0 Å². The molecule has 0 unspecified atom stereocenters. The third-order valence-electron chi connectivity index (χ3n) is 13.7. The van der Waals surface area contributed by atoms with E-state index in [1.807, 2.05) is 0 Å². The second-order valence-corrected chi connectivity index (χ2v) is 21.3. The van der Waals surface area contributed by atoms with Gasteiger partial charge in [-0.3, -0.25) is 0 Å². The van der Waals surface area contributed by atoms with Gasteiger partial charge in [0.15, 0.2) is 0 Å². The van der Waals surface area contributed by atoms with E-state index in [9.17, 15) is 0 Å². The zero-order valence-corrected chi connectivity index (χ0v) is 47.1. The van der Waals surface area contributed by atoms with Gasteiger partial charge >= 0.3 is 0 Å². The van der Waals surface area contributed by atoms with Gasteiger partial charge in [-0.05, 0) is 147 Å². The largest absolute Gasteiger partial charge is 0.491 e. The average molecular weight is 1000 g/mol. The molecular formula is C59H114O11. The average Bonchev–Trinajstić information content (AvgIpc) is 3.63. The molecule has 3 aliphatic rings. The van der Waals surface area contributed by atoms with Gasteiger partial charge in [-0.1, -0.05) is 89.7 Å². The van der Waals surface area contributed by atoms with E-state index in [4.69, 9.17) is 52.1 Å². The van der Waals surface area contributed by atoms with Gasteiger partial charge in [0, 0.05) is 47.3 Å². The molecule has 2 fully saturated rings. The molecule has 0 amide bonds. The van der Waals surface area contributed by atoms with Gasteiger partial charge in [-0.25, -0.2) is 0 Å². The van der Waals surface area contributed by atoms with Crippen LogP contribution in [0.1, 0.15) is 165 Å². The second kappa shape index (κ2) is 45.0. The van der Waals surface area contributed by atoms with Crippen LogP contribution in [-0.4, -0.2) is 140 Å². The number of fused-ring (bicyclic) bond motifs is 5. The van der Waals surface area contributed by atoms with Crippen molar-refractivity contribution in [2.75, 3.05) is 140 Å². The molecule has 4 rings (SSSR count). The lowest BCUT2D eigenvalue weighted by Gasteiger charge is -2.50. The van der Waals surface area contributed by atoms with Crippen molar-refractivity contribution in [1.82, 2.24) is 0 Å². The molecule has 5 atom stereocenters. The summed E-state index contributed by atoms with van der Waals surface area (Å²) in [7, 11) is 3.36. The molecule has 0 radical (unpaired) electrons. The van der Waals surface area contributed by atoms with Crippen LogP contribution in [0.3, 0.4) is 0 Å². The van der Waals surface area contributed by atoms with E-state index >= 15 is 0 Å². The third kappa shape index (κ3) is 33.4.